The van der Waals surface area contributed by atoms with Crippen molar-refractivity contribution in [1.82, 2.24) is 9.38 Å². The van der Waals surface area contributed by atoms with Crippen molar-refractivity contribution >= 4 is 22.4 Å². The molecule has 0 saturated carbocycles. The van der Waals surface area contributed by atoms with Crippen LogP contribution in [0.3, 0.4) is 0 Å². The molecule has 4 rings (SSSR count). The van der Waals surface area contributed by atoms with E-state index in [9.17, 15) is 4.39 Å². The van der Waals surface area contributed by atoms with Crippen LogP contribution in [0.25, 0.3) is 16.7 Å². The van der Waals surface area contributed by atoms with Gasteiger partial charge in [-0.1, -0.05) is 0 Å². The number of hydrogen-bond donors (Lipinski definition) is 0. The minimum absolute atomic E-state index is 0.610. The molecule has 3 heterocycles. The number of ether oxygens (including phenoxy) is 1. The maximum absolute atomic E-state index is 13.3. The molecule has 1 saturated heterocycles. The Balaban J connectivity index is 1.76. The highest BCUT2D eigenvalue weighted by molar-refractivity contribution is 5.82. The molecule has 0 bridgehead atoms. The molecule has 1 aliphatic heterocycles. The standard InChI is InChI=1S/C17H18FN3O/c1-22-14-2-3-15-16(11-14)21-9-6-13(10-17(21)19-15)20-7-4-12(18)5-8-20/h2-3,6,9-12H,4-5,7-8H2,1H3. The first-order chi connectivity index (χ1) is 10.7. The number of rotatable bonds is 2. The Labute approximate surface area is 128 Å². The van der Waals surface area contributed by atoms with Gasteiger partial charge < -0.3 is 9.64 Å². The smallest absolute Gasteiger partial charge is 0.139 e. The monoisotopic (exact) mass is 299 g/mol. The van der Waals surface area contributed by atoms with Gasteiger partial charge in [-0.3, -0.25) is 4.40 Å². The van der Waals surface area contributed by atoms with E-state index in [0.717, 1.165) is 41.2 Å². The second kappa shape index (κ2) is 5.16. The molecule has 0 amide bonds. The topological polar surface area (TPSA) is 29.8 Å². The summed E-state index contributed by atoms with van der Waals surface area (Å²) >= 11 is 0. The maximum atomic E-state index is 13.3. The summed E-state index contributed by atoms with van der Waals surface area (Å²) in [5.74, 6) is 0.823. The highest BCUT2D eigenvalue weighted by Gasteiger charge is 2.19. The SMILES string of the molecule is COc1ccc2nc3cc(N4CCC(F)CC4)ccn3c2c1. The molecule has 3 aromatic rings. The average molecular weight is 299 g/mol. The molecule has 1 fully saturated rings. The van der Waals surface area contributed by atoms with Gasteiger partial charge in [-0.05, 0) is 31.0 Å². The van der Waals surface area contributed by atoms with Crippen molar-refractivity contribution in [3.8, 4) is 5.75 Å². The third kappa shape index (κ3) is 2.17. The summed E-state index contributed by atoms with van der Waals surface area (Å²) < 4.78 is 20.6. The van der Waals surface area contributed by atoms with Crippen molar-refractivity contribution in [3.63, 3.8) is 0 Å². The highest BCUT2D eigenvalue weighted by Crippen LogP contribution is 2.26. The lowest BCUT2D eigenvalue weighted by molar-refractivity contribution is 0.277. The van der Waals surface area contributed by atoms with Gasteiger partial charge in [0.1, 0.15) is 17.6 Å². The van der Waals surface area contributed by atoms with Crippen molar-refractivity contribution in [2.75, 3.05) is 25.1 Å². The molecule has 0 unspecified atom stereocenters. The summed E-state index contributed by atoms with van der Waals surface area (Å²) in [6.45, 7) is 1.54. The van der Waals surface area contributed by atoms with Crippen molar-refractivity contribution in [1.29, 1.82) is 0 Å². The number of imidazole rings is 1. The minimum Gasteiger partial charge on any atom is -0.497 e. The van der Waals surface area contributed by atoms with Gasteiger partial charge in [0.15, 0.2) is 0 Å². The number of anilines is 1. The zero-order valence-corrected chi connectivity index (χ0v) is 12.5. The lowest BCUT2D eigenvalue weighted by Crippen LogP contribution is -2.34. The Hall–Kier alpha value is -2.30. The van der Waals surface area contributed by atoms with Crippen LogP contribution in [-0.2, 0) is 0 Å². The van der Waals surface area contributed by atoms with E-state index >= 15 is 0 Å². The quantitative estimate of drug-likeness (QED) is 0.726. The first-order valence-electron chi connectivity index (χ1n) is 7.59. The lowest BCUT2D eigenvalue weighted by atomic mass is 10.1. The van der Waals surface area contributed by atoms with Crippen LogP contribution in [0.5, 0.6) is 5.75 Å². The van der Waals surface area contributed by atoms with E-state index in [0.29, 0.717) is 12.8 Å². The molecule has 5 heteroatoms. The average Bonchev–Trinajstić information content (AvgIpc) is 2.92. The Morgan fingerprint density at radius 2 is 2.00 bits per heavy atom. The predicted molar refractivity (Wildman–Crippen MR) is 85.6 cm³/mol. The Kier molecular flexibility index (Phi) is 3.13. The maximum Gasteiger partial charge on any atom is 0.139 e. The van der Waals surface area contributed by atoms with Crippen molar-refractivity contribution < 1.29 is 9.13 Å². The van der Waals surface area contributed by atoms with E-state index in [2.05, 4.69) is 26.4 Å². The molecule has 22 heavy (non-hydrogen) atoms. The van der Waals surface area contributed by atoms with Gasteiger partial charge in [-0.2, -0.15) is 0 Å². The Bertz CT molecular complexity index is 821. The number of benzene rings is 1. The summed E-state index contributed by atoms with van der Waals surface area (Å²) in [6, 6.07) is 10.0. The van der Waals surface area contributed by atoms with Crippen LogP contribution in [0.4, 0.5) is 10.1 Å². The number of nitrogens with zero attached hydrogens (tertiary/aromatic N) is 3. The van der Waals surface area contributed by atoms with Crippen LogP contribution in [0.15, 0.2) is 36.5 Å². The molecule has 1 aliphatic rings. The van der Waals surface area contributed by atoms with Crippen LogP contribution >= 0.6 is 0 Å². The van der Waals surface area contributed by atoms with Gasteiger partial charge in [0.25, 0.3) is 0 Å². The van der Waals surface area contributed by atoms with Gasteiger partial charge in [-0.25, -0.2) is 9.37 Å². The minimum atomic E-state index is -0.651. The van der Waals surface area contributed by atoms with E-state index in [1.165, 1.54) is 0 Å². The molecule has 114 valence electrons. The molecule has 0 atom stereocenters. The summed E-state index contributed by atoms with van der Waals surface area (Å²) in [7, 11) is 1.66. The number of halogens is 1. The number of fused-ring (bicyclic) bond motifs is 3. The molecular weight excluding hydrogens is 281 g/mol. The molecule has 1 aromatic carbocycles. The molecule has 0 radical (unpaired) electrons. The van der Waals surface area contributed by atoms with Crippen LogP contribution in [0.1, 0.15) is 12.8 Å². The number of hydrogen-bond acceptors (Lipinski definition) is 3. The zero-order valence-electron chi connectivity index (χ0n) is 12.5. The second-order valence-corrected chi connectivity index (χ2v) is 5.74. The lowest BCUT2D eigenvalue weighted by Gasteiger charge is -2.30. The number of alkyl halides is 1. The van der Waals surface area contributed by atoms with E-state index < -0.39 is 6.17 Å². The van der Waals surface area contributed by atoms with E-state index in [-0.39, 0.29) is 0 Å². The summed E-state index contributed by atoms with van der Waals surface area (Å²) in [5.41, 5.74) is 3.99. The van der Waals surface area contributed by atoms with Gasteiger partial charge in [0.2, 0.25) is 0 Å². The number of pyridine rings is 1. The van der Waals surface area contributed by atoms with Crippen molar-refractivity contribution in [2.45, 2.75) is 19.0 Å². The first-order valence-corrected chi connectivity index (χ1v) is 7.59. The van der Waals surface area contributed by atoms with Gasteiger partial charge in [0, 0.05) is 37.1 Å². The molecule has 4 nitrogen and oxygen atoms in total. The molecule has 0 N–H and O–H groups in total. The highest BCUT2D eigenvalue weighted by atomic mass is 19.1. The van der Waals surface area contributed by atoms with Crippen molar-refractivity contribution in [2.24, 2.45) is 0 Å². The normalized spacial score (nSPS) is 16.5. The van der Waals surface area contributed by atoms with E-state index in [1.807, 2.05) is 24.4 Å². The third-order valence-electron chi connectivity index (χ3n) is 4.38. The van der Waals surface area contributed by atoms with E-state index in [1.54, 1.807) is 7.11 Å². The summed E-state index contributed by atoms with van der Waals surface area (Å²) in [5, 5.41) is 0. The van der Waals surface area contributed by atoms with Gasteiger partial charge in [-0.15, -0.1) is 0 Å². The zero-order chi connectivity index (χ0) is 15.1. The predicted octanol–water partition coefficient (Wildman–Crippen LogP) is 3.43. The number of piperidine rings is 1. The molecular formula is C17H18FN3O. The third-order valence-corrected chi connectivity index (χ3v) is 4.38. The summed E-state index contributed by atoms with van der Waals surface area (Å²) in [4.78, 5) is 6.90. The van der Waals surface area contributed by atoms with Gasteiger partial charge in [0.05, 0.1) is 18.1 Å². The van der Waals surface area contributed by atoms with Crippen LogP contribution in [-0.4, -0.2) is 35.8 Å². The van der Waals surface area contributed by atoms with Gasteiger partial charge >= 0.3 is 0 Å². The molecule has 2 aromatic heterocycles. The van der Waals surface area contributed by atoms with Crippen LogP contribution in [0, 0.1) is 0 Å². The molecule has 0 spiro atoms. The Morgan fingerprint density at radius 1 is 1.18 bits per heavy atom. The Morgan fingerprint density at radius 3 is 2.77 bits per heavy atom. The van der Waals surface area contributed by atoms with Crippen LogP contribution in [0.2, 0.25) is 0 Å². The first kappa shape index (κ1) is 13.4. The number of methoxy groups -OCH3 is 1. The van der Waals surface area contributed by atoms with Crippen molar-refractivity contribution in [3.05, 3.63) is 36.5 Å². The van der Waals surface area contributed by atoms with E-state index in [4.69, 9.17) is 4.74 Å². The fourth-order valence-corrected chi connectivity index (χ4v) is 3.11. The number of aromatic nitrogens is 2. The largest absolute Gasteiger partial charge is 0.497 e. The second-order valence-electron chi connectivity index (χ2n) is 5.74. The fraction of sp³-hybridized carbons (Fsp3) is 0.353. The van der Waals surface area contributed by atoms with Crippen LogP contribution < -0.4 is 9.64 Å². The molecule has 0 aliphatic carbocycles. The fourth-order valence-electron chi connectivity index (χ4n) is 3.11. The summed E-state index contributed by atoms with van der Waals surface area (Å²) in [6.07, 6.45) is 2.60.